The summed E-state index contributed by atoms with van der Waals surface area (Å²) in [6.07, 6.45) is 0. The van der Waals surface area contributed by atoms with Crippen LogP contribution in [0, 0.1) is 11.3 Å². The van der Waals surface area contributed by atoms with Crippen LogP contribution in [0.3, 0.4) is 0 Å². The molecule has 11 aromatic carbocycles. The van der Waals surface area contributed by atoms with Gasteiger partial charge < -0.3 is 0 Å². The summed E-state index contributed by atoms with van der Waals surface area (Å²) in [6.45, 7) is 0. The van der Waals surface area contributed by atoms with Gasteiger partial charge in [0.25, 0.3) is 0 Å². The first-order valence-corrected chi connectivity index (χ1v) is 23.6. The number of aromatic nitrogens is 3. The summed E-state index contributed by atoms with van der Waals surface area (Å²) in [4.78, 5) is 15.4. The predicted molar refractivity (Wildman–Crippen MR) is 287 cm³/mol. The van der Waals surface area contributed by atoms with E-state index in [4.69, 9.17) is 15.0 Å². The maximum atomic E-state index is 10.1. The molecular formula is C66H40N4. The number of benzene rings is 11. The molecule has 1 heterocycles. The first-order chi connectivity index (χ1) is 34.6. The molecule has 12 aromatic rings. The minimum atomic E-state index is 0.601. The smallest absolute Gasteiger partial charge is 0.164 e. The van der Waals surface area contributed by atoms with Gasteiger partial charge in [-0.15, -0.1) is 0 Å². The van der Waals surface area contributed by atoms with Crippen LogP contribution in [0.2, 0.25) is 0 Å². The summed E-state index contributed by atoms with van der Waals surface area (Å²) in [5.74, 6) is 1.83. The molecule has 0 amide bonds. The summed E-state index contributed by atoms with van der Waals surface area (Å²) in [5, 5.41) is 15.1. The second kappa shape index (κ2) is 16.9. The largest absolute Gasteiger partial charge is 0.208 e. The number of rotatable bonds is 8. The van der Waals surface area contributed by atoms with E-state index in [0.717, 1.165) is 72.3 Å². The highest BCUT2D eigenvalue weighted by molar-refractivity contribution is 6.15. The van der Waals surface area contributed by atoms with E-state index in [1.165, 1.54) is 43.8 Å². The maximum absolute atomic E-state index is 10.1. The Morgan fingerprint density at radius 1 is 0.257 bits per heavy atom. The van der Waals surface area contributed by atoms with E-state index in [-0.39, 0.29) is 0 Å². The first kappa shape index (κ1) is 40.7. The van der Waals surface area contributed by atoms with E-state index in [1.807, 2.05) is 48.5 Å². The highest BCUT2D eigenvalue weighted by atomic mass is 15.0. The van der Waals surface area contributed by atoms with E-state index >= 15 is 0 Å². The topological polar surface area (TPSA) is 62.5 Å². The summed E-state index contributed by atoms with van der Waals surface area (Å²) in [6, 6.07) is 87.6. The van der Waals surface area contributed by atoms with Gasteiger partial charge in [-0.2, -0.15) is 5.26 Å². The van der Waals surface area contributed by atoms with Crippen LogP contribution < -0.4 is 0 Å². The Hall–Kier alpha value is -9.56. The van der Waals surface area contributed by atoms with Crippen molar-refractivity contribution in [2.24, 2.45) is 0 Å². The van der Waals surface area contributed by atoms with E-state index in [1.54, 1.807) is 0 Å². The van der Waals surface area contributed by atoms with Crippen molar-refractivity contribution in [2.75, 3.05) is 0 Å². The van der Waals surface area contributed by atoms with Crippen molar-refractivity contribution in [1.29, 1.82) is 5.26 Å². The molecule has 0 saturated carbocycles. The van der Waals surface area contributed by atoms with Crippen LogP contribution in [0.25, 0.3) is 134 Å². The lowest BCUT2D eigenvalue weighted by atomic mass is 9.89. The maximum Gasteiger partial charge on any atom is 0.164 e. The van der Waals surface area contributed by atoms with Crippen molar-refractivity contribution >= 4 is 21.5 Å². The normalized spacial score (nSPS) is 11.4. The van der Waals surface area contributed by atoms with Gasteiger partial charge in [-0.1, -0.05) is 212 Å². The lowest BCUT2D eigenvalue weighted by molar-refractivity contribution is 1.07. The third-order valence-electron chi connectivity index (χ3n) is 13.7. The molecule has 1 aliphatic carbocycles. The fourth-order valence-electron chi connectivity index (χ4n) is 10.3. The average molecular weight is 889 g/mol. The standard InChI is InChI=1S/C66H40N4/c67-41-42-29-35-54(61(37-42)52-22-9-20-49(39-52)50-34-36-57-58-27-11-17-45-18-12-28-59(63(45)58)62(57)40-50)51-21-8-19-48(38-51)43-30-32-47(33-31-43)65-68-64(46-14-2-1-3-15-46)69-66(70-65)60-25-7-6-24-56(60)55-26-10-16-44-13-4-5-23-53(44)55/h1-40H. The molecule has 0 aliphatic heterocycles. The lowest BCUT2D eigenvalue weighted by Crippen LogP contribution is -2.01. The molecule has 0 spiro atoms. The number of fused-ring (bicyclic) bond motifs is 4. The zero-order valence-corrected chi connectivity index (χ0v) is 37.9. The van der Waals surface area contributed by atoms with Gasteiger partial charge in [-0.25, -0.2) is 15.0 Å². The average Bonchev–Trinajstić information content (AvgIpc) is 3.77. The number of nitrogens with zero attached hydrogens (tertiary/aromatic N) is 4. The second-order valence-electron chi connectivity index (χ2n) is 17.8. The van der Waals surface area contributed by atoms with E-state index in [0.29, 0.717) is 23.0 Å². The molecule has 324 valence electrons. The summed E-state index contributed by atoms with van der Waals surface area (Å²) in [7, 11) is 0. The van der Waals surface area contributed by atoms with Gasteiger partial charge in [0.05, 0.1) is 11.6 Å². The Balaban J connectivity index is 0.847. The molecule has 4 nitrogen and oxygen atoms in total. The minimum Gasteiger partial charge on any atom is -0.208 e. The lowest BCUT2D eigenvalue weighted by Gasteiger charge is -2.14. The third kappa shape index (κ3) is 7.13. The van der Waals surface area contributed by atoms with Crippen LogP contribution in [0.15, 0.2) is 243 Å². The Morgan fingerprint density at radius 2 is 0.729 bits per heavy atom. The Bertz CT molecular complexity index is 4060. The van der Waals surface area contributed by atoms with Crippen molar-refractivity contribution in [3.63, 3.8) is 0 Å². The molecule has 1 aromatic heterocycles. The zero-order chi connectivity index (χ0) is 46.5. The van der Waals surface area contributed by atoms with Crippen LogP contribution in [-0.2, 0) is 0 Å². The summed E-state index contributed by atoms with van der Waals surface area (Å²) >= 11 is 0. The monoisotopic (exact) mass is 888 g/mol. The molecule has 1 aliphatic rings. The summed E-state index contributed by atoms with van der Waals surface area (Å²) < 4.78 is 0. The van der Waals surface area contributed by atoms with Gasteiger partial charge in [0.1, 0.15) is 0 Å². The van der Waals surface area contributed by atoms with Crippen LogP contribution in [0.5, 0.6) is 0 Å². The Morgan fingerprint density at radius 3 is 1.49 bits per heavy atom. The summed E-state index contributed by atoms with van der Waals surface area (Å²) in [5.41, 5.74) is 19.3. The molecule has 70 heavy (non-hydrogen) atoms. The molecule has 0 unspecified atom stereocenters. The van der Waals surface area contributed by atoms with E-state index in [2.05, 4.69) is 200 Å². The van der Waals surface area contributed by atoms with Crippen molar-refractivity contribution in [1.82, 2.24) is 15.0 Å². The molecule has 0 bridgehead atoms. The molecule has 0 atom stereocenters. The third-order valence-corrected chi connectivity index (χ3v) is 13.7. The fraction of sp³-hybridized carbons (Fsp3) is 0. The molecule has 0 fully saturated rings. The SMILES string of the molecule is N#Cc1ccc(-c2cccc(-c3ccc(-c4nc(-c5ccccc5)nc(-c5ccccc5-c5cccc6ccccc56)n4)cc3)c2)c(-c2cccc(-c3ccc4c(c3)-c3cccc5cccc-4c35)c2)c1. The van der Waals surface area contributed by atoms with E-state index in [9.17, 15) is 5.26 Å². The molecular weight excluding hydrogens is 849 g/mol. The van der Waals surface area contributed by atoms with Crippen molar-refractivity contribution in [3.05, 3.63) is 248 Å². The molecule has 0 radical (unpaired) electrons. The highest BCUT2D eigenvalue weighted by Crippen LogP contribution is 2.48. The number of hydrogen-bond acceptors (Lipinski definition) is 4. The van der Waals surface area contributed by atoms with Crippen LogP contribution in [-0.4, -0.2) is 15.0 Å². The molecule has 0 saturated heterocycles. The van der Waals surface area contributed by atoms with Gasteiger partial charge in [-0.3, -0.25) is 0 Å². The van der Waals surface area contributed by atoms with Crippen molar-refractivity contribution in [2.45, 2.75) is 0 Å². The molecule has 0 N–H and O–H groups in total. The van der Waals surface area contributed by atoms with Gasteiger partial charge in [0.15, 0.2) is 17.5 Å². The second-order valence-corrected chi connectivity index (χ2v) is 17.8. The van der Waals surface area contributed by atoms with Gasteiger partial charge in [0.2, 0.25) is 0 Å². The van der Waals surface area contributed by atoms with Crippen molar-refractivity contribution in [3.8, 4) is 118 Å². The predicted octanol–water partition coefficient (Wildman–Crippen LogP) is 17.0. The van der Waals surface area contributed by atoms with Crippen LogP contribution in [0.4, 0.5) is 0 Å². The quantitative estimate of drug-likeness (QED) is 0.152. The van der Waals surface area contributed by atoms with Gasteiger partial charge in [-0.05, 0) is 130 Å². The first-order valence-electron chi connectivity index (χ1n) is 23.6. The van der Waals surface area contributed by atoms with Crippen molar-refractivity contribution < 1.29 is 0 Å². The van der Waals surface area contributed by atoms with Gasteiger partial charge in [0, 0.05) is 16.7 Å². The Kier molecular flexibility index (Phi) is 9.85. The fourth-order valence-corrected chi connectivity index (χ4v) is 10.3. The van der Waals surface area contributed by atoms with E-state index < -0.39 is 0 Å². The molecule has 13 rings (SSSR count). The zero-order valence-electron chi connectivity index (χ0n) is 37.9. The highest BCUT2D eigenvalue weighted by Gasteiger charge is 2.22. The van der Waals surface area contributed by atoms with Gasteiger partial charge >= 0.3 is 0 Å². The minimum absolute atomic E-state index is 0.601. The molecule has 4 heteroatoms. The number of nitriles is 1. The Labute approximate surface area is 406 Å². The van der Waals surface area contributed by atoms with Crippen LogP contribution >= 0.6 is 0 Å². The number of hydrogen-bond donors (Lipinski definition) is 0. The van der Waals surface area contributed by atoms with Crippen LogP contribution in [0.1, 0.15) is 5.56 Å².